The molecule has 0 rings (SSSR count). The van der Waals surface area contributed by atoms with E-state index in [0.717, 1.165) is 103 Å². The first-order valence-corrected chi connectivity index (χ1v) is 22.7. The molecule has 0 radical (unpaired) electrons. The number of unbranched alkanes of at least 4 members (excludes halogenated alkanes) is 8. The van der Waals surface area contributed by atoms with Crippen molar-refractivity contribution in [3.63, 3.8) is 0 Å². The van der Waals surface area contributed by atoms with Gasteiger partial charge in [-0.05, 0) is 89.9 Å². The molecule has 3 atom stereocenters. The molecule has 0 fully saturated rings. The lowest BCUT2D eigenvalue weighted by Crippen LogP contribution is -2.29. The molecule has 0 saturated heterocycles. The van der Waals surface area contributed by atoms with Gasteiger partial charge in [-0.1, -0.05) is 137 Å². The molecule has 324 valence electrons. The maximum absolute atomic E-state index is 12.6. The van der Waals surface area contributed by atoms with E-state index in [2.05, 4.69) is 116 Å². The summed E-state index contributed by atoms with van der Waals surface area (Å²) in [6, 6.07) is 0. The largest absolute Gasteiger partial charge is 0.472 e. The molecule has 10 nitrogen and oxygen atoms in total. The quantitative estimate of drug-likeness (QED) is 0.0238. The van der Waals surface area contributed by atoms with E-state index < -0.39 is 51.8 Å². The van der Waals surface area contributed by atoms with Crippen LogP contribution in [-0.4, -0.2) is 65.7 Å². The molecule has 0 amide bonds. The molecule has 0 aliphatic carbocycles. The lowest BCUT2D eigenvalue weighted by Gasteiger charge is -2.20. The van der Waals surface area contributed by atoms with E-state index in [4.69, 9.17) is 19.1 Å². The topological polar surface area (TPSA) is 149 Å². The lowest BCUT2D eigenvalue weighted by atomic mass is 10.1. The van der Waals surface area contributed by atoms with E-state index in [0.29, 0.717) is 12.8 Å². The highest BCUT2D eigenvalue weighted by Gasteiger charge is 2.27. The third-order valence-corrected chi connectivity index (χ3v) is 9.18. The minimum atomic E-state index is -4.64. The van der Waals surface area contributed by atoms with Crippen LogP contribution in [0.4, 0.5) is 0 Å². The highest BCUT2D eigenvalue weighted by Crippen LogP contribution is 2.43. The molecule has 0 bridgehead atoms. The van der Waals surface area contributed by atoms with Crippen LogP contribution in [0.3, 0.4) is 0 Å². The van der Waals surface area contributed by atoms with Crippen molar-refractivity contribution in [2.24, 2.45) is 0 Å². The standard InChI is InChI=1S/C46H75O10P/c1-3-5-7-9-11-13-15-17-19-20-21-22-24-26-28-30-32-34-36-38-46(50)56-44(42-55-57(51,52)54-40-43(48)39-47)41-53-45(49)37-35-33-31-29-27-25-23-18-16-14-12-10-8-6-4-2/h5-8,11-14,17-19,21-23,26,28,43-44,47-48H,3-4,9-10,15-16,20,24-25,27,29-42H2,1-2H3,(H,51,52)/b7-5-,8-6-,13-11-,14-12-,19-17-,22-21-,23-18-,28-26-. The zero-order chi connectivity index (χ0) is 41.9. The van der Waals surface area contributed by atoms with Crippen LogP contribution in [0.25, 0.3) is 0 Å². The molecular formula is C46H75O10P. The van der Waals surface area contributed by atoms with Crippen molar-refractivity contribution in [3.8, 4) is 0 Å². The van der Waals surface area contributed by atoms with E-state index in [9.17, 15) is 24.2 Å². The molecule has 0 heterocycles. The number of esters is 2. The molecule has 0 aliphatic rings. The summed E-state index contributed by atoms with van der Waals surface area (Å²) in [5, 5.41) is 18.3. The number of aliphatic hydroxyl groups is 2. The summed E-state index contributed by atoms with van der Waals surface area (Å²) < 4.78 is 32.6. The van der Waals surface area contributed by atoms with Crippen molar-refractivity contribution < 1.29 is 47.8 Å². The Morgan fingerprint density at radius 2 is 0.912 bits per heavy atom. The second-order valence-corrected chi connectivity index (χ2v) is 15.1. The smallest absolute Gasteiger partial charge is 0.462 e. The van der Waals surface area contributed by atoms with Gasteiger partial charge in [0.2, 0.25) is 0 Å². The number of aliphatic hydroxyl groups excluding tert-OH is 2. The van der Waals surface area contributed by atoms with Crippen LogP contribution in [0.2, 0.25) is 0 Å². The third-order valence-electron chi connectivity index (χ3n) is 8.23. The monoisotopic (exact) mass is 819 g/mol. The second kappa shape index (κ2) is 41.1. The predicted octanol–water partition coefficient (Wildman–Crippen LogP) is 11.2. The van der Waals surface area contributed by atoms with E-state index >= 15 is 0 Å². The van der Waals surface area contributed by atoms with Crippen LogP contribution in [0.5, 0.6) is 0 Å². The number of carbonyl (C=O) groups is 2. The van der Waals surface area contributed by atoms with Crippen LogP contribution in [0, 0.1) is 0 Å². The van der Waals surface area contributed by atoms with Crippen LogP contribution in [-0.2, 0) is 32.7 Å². The molecule has 57 heavy (non-hydrogen) atoms. The summed E-state index contributed by atoms with van der Waals surface area (Å²) in [5.74, 6) is -0.994. The zero-order valence-electron chi connectivity index (χ0n) is 35.0. The Labute approximate surface area is 344 Å². The molecule has 11 heteroatoms. The first kappa shape index (κ1) is 53.9. The van der Waals surface area contributed by atoms with E-state index in [1.165, 1.54) is 0 Å². The number of phosphoric acid groups is 1. The number of ether oxygens (including phenoxy) is 2. The molecule has 0 aromatic heterocycles. The summed E-state index contributed by atoms with van der Waals surface area (Å²) in [7, 11) is -4.64. The number of rotatable bonds is 38. The molecule has 0 spiro atoms. The van der Waals surface area contributed by atoms with E-state index in [1.807, 2.05) is 0 Å². The van der Waals surface area contributed by atoms with Crippen LogP contribution < -0.4 is 0 Å². The molecule has 3 unspecified atom stereocenters. The van der Waals surface area contributed by atoms with Gasteiger partial charge in [0, 0.05) is 12.8 Å². The summed E-state index contributed by atoms with van der Waals surface area (Å²) >= 11 is 0. The van der Waals surface area contributed by atoms with Crippen molar-refractivity contribution in [1.29, 1.82) is 0 Å². The normalized spacial score (nSPS) is 14.8. The Kier molecular flexibility index (Phi) is 38.8. The lowest BCUT2D eigenvalue weighted by molar-refractivity contribution is -0.161. The maximum atomic E-state index is 12.6. The summed E-state index contributed by atoms with van der Waals surface area (Å²) in [6.45, 7) is 2.07. The fourth-order valence-electron chi connectivity index (χ4n) is 5.03. The Bertz CT molecular complexity index is 1260. The maximum Gasteiger partial charge on any atom is 0.472 e. The molecule has 0 aromatic rings. The fourth-order valence-corrected chi connectivity index (χ4v) is 5.82. The first-order chi connectivity index (χ1) is 27.7. The SMILES string of the molecule is CC/C=C\C/C=C\C/C=C\C/C=C\C/C=C\CCCCCC(=O)OC(COC(=O)CCCCCCC/C=C\C/C=C\C/C=C\CC)COP(=O)(O)OCC(O)CO. The average Bonchev–Trinajstić information content (AvgIpc) is 3.20. The predicted molar refractivity (Wildman–Crippen MR) is 232 cm³/mol. The Morgan fingerprint density at radius 1 is 0.526 bits per heavy atom. The van der Waals surface area contributed by atoms with Crippen LogP contribution in [0.1, 0.15) is 142 Å². The van der Waals surface area contributed by atoms with Gasteiger partial charge in [0.05, 0.1) is 19.8 Å². The fraction of sp³-hybridized carbons (Fsp3) is 0.609. The van der Waals surface area contributed by atoms with Crippen LogP contribution >= 0.6 is 7.82 Å². The Morgan fingerprint density at radius 3 is 1.39 bits per heavy atom. The number of phosphoric ester groups is 1. The number of allylic oxidation sites excluding steroid dienone is 16. The van der Waals surface area contributed by atoms with E-state index in [1.54, 1.807) is 0 Å². The van der Waals surface area contributed by atoms with Gasteiger partial charge in [-0.3, -0.25) is 18.6 Å². The first-order valence-electron chi connectivity index (χ1n) is 21.2. The summed E-state index contributed by atoms with van der Waals surface area (Å²) in [6.07, 6.45) is 49.4. The van der Waals surface area contributed by atoms with Crippen molar-refractivity contribution >= 4 is 19.8 Å². The van der Waals surface area contributed by atoms with Crippen molar-refractivity contribution in [3.05, 3.63) is 97.2 Å². The van der Waals surface area contributed by atoms with Crippen molar-refractivity contribution in [2.45, 2.75) is 154 Å². The Hall–Kier alpha value is -3.11. The number of hydrogen-bond acceptors (Lipinski definition) is 9. The summed E-state index contributed by atoms with van der Waals surface area (Å²) in [5.41, 5.74) is 0. The summed E-state index contributed by atoms with van der Waals surface area (Å²) in [4.78, 5) is 35.0. The van der Waals surface area contributed by atoms with E-state index in [-0.39, 0.29) is 19.4 Å². The van der Waals surface area contributed by atoms with Gasteiger partial charge in [-0.25, -0.2) is 4.57 Å². The molecular weight excluding hydrogens is 743 g/mol. The second-order valence-electron chi connectivity index (χ2n) is 13.6. The van der Waals surface area contributed by atoms with Gasteiger partial charge in [-0.2, -0.15) is 0 Å². The molecule has 3 N–H and O–H groups in total. The highest BCUT2D eigenvalue weighted by molar-refractivity contribution is 7.47. The van der Waals surface area contributed by atoms with Gasteiger partial charge >= 0.3 is 19.8 Å². The molecule has 0 aliphatic heterocycles. The van der Waals surface area contributed by atoms with Crippen molar-refractivity contribution in [2.75, 3.05) is 26.4 Å². The Balaban J connectivity index is 4.43. The molecule has 0 aromatic carbocycles. The van der Waals surface area contributed by atoms with Gasteiger partial charge in [0.1, 0.15) is 12.7 Å². The zero-order valence-corrected chi connectivity index (χ0v) is 35.9. The van der Waals surface area contributed by atoms with Gasteiger partial charge < -0.3 is 24.6 Å². The van der Waals surface area contributed by atoms with Gasteiger partial charge in [0.15, 0.2) is 6.10 Å². The third kappa shape index (κ3) is 40.9. The number of hydrogen-bond donors (Lipinski definition) is 3. The van der Waals surface area contributed by atoms with Crippen molar-refractivity contribution in [1.82, 2.24) is 0 Å². The highest BCUT2D eigenvalue weighted by atomic mass is 31.2. The number of carbonyl (C=O) groups excluding carboxylic acids is 2. The minimum absolute atomic E-state index is 0.135. The van der Waals surface area contributed by atoms with Gasteiger partial charge in [0.25, 0.3) is 0 Å². The van der Waals surface area contributed by atoms with Crippen LogP contribution in [0.15, 0.2) is 97.2 Å². The van der Waals surface area contributed by atoms with Gasteiger partial charge in [-0.15, -0.1) is 0 Å². The minimum Gasteiger partial charge on any atom is -0.462 e. The molecule has 0 saturated carbocycles. The average molecular weight is 819 g/mol.